The van der Waals surface area contributed by atoms with E-state index in [1.165, 1.54) is 5.56 Å². The molecule has 3 heteroatoms. The number of carboxylic acids is 1. The van der Waals surface area contributed by atoms with Gasteiger partial charge in [0.05, 0.1) is 5.92 Å². The molecule has 3 nitrogen and oxygen atoms in total. The Morgan fingerprint density at radius 1 is 1.09 bits per heavy atom. The molecular weight excluding hydrogens is 288 g/mol. The van der Waals surface area contributed by atoms with E-state index >= 15 is 0 Å². The lowest BCUT2D eigenvalue weighted by atomic mass is 9.99. The SMILES string of the molecule is CC(C)(C)C.CCC(C)C(=O)O.CCC(C)c1cccc(O)c1. The van der Waals surface area contributed by atoms with E-state index in [9.17, 15) is 4.79 Å². The molecular formula is C20H36O3. The van der Waals surface area contributed by atoms with Crippen molar-refractivity contribution < 1.29 is 15.0 Å². The number of benzene rings is 1. The van der Waals surface area contributed by atoms with Gasteiger partial charge >= 0.3 is 5.97 Å². The summed E-state index contributed by atoms with van der Waals surface area (Å²) in [6, 6.07) is 7.46. The smallest absolute Gasteiger partial charge is 0.306 e. The topological polar surface area (TPSA) is 57.5 Å². The number of rotatable bonds is 4. The number of hydrogen-bond donors (Lipinski definition) is 2. The quantitative estimate of drug-likeness (QED) is 0.706. The molecule has 0 amide bonds. The van der Waals surface area contributed by atoms with Crippen molar-refractivity contribution in [2.75, 3.05) is 0 Å². The summed E-state index contributed by atoms with van der Waals surface area (Å²) in [5.41, 5.74) is 1.72. The molecule has 0 aromatic heterocycles. The lowest BCUT2D eigenvalue weighted by Gasteiger charge is -2.07. The lowest BCUT2D eigenvalue weighted by molar-refractivity contribution is -0.141. The Hall–Kier alpha value is -1.51. The average molecular weight is 325 g/mol. The first-order chi connectivity index (χ1) is 10.4. The Labute approximate surface area is 142 Å². The van der Waals surface area contributed by atoms with Crippen LogP contribution in [0.3, 0.4) is 0 Å². The van der Waals surface area contributed by atoms with E-state index in [0.717, 1.165) is 12.8 Å². The van der Waals surface area contributed by atoms with Crippen LogP contribution in [0.5, 0.6) is 5.75 Å². The fraction of sp³-hybridized carbons (Fsp3) is 0.650. The highest BCUT2D eigenvalue weighted by Gasteiger charge is 2.05. The average Bonchev–Trinajstić information content (AvgIpc) is 2.44. The van der Waals surface area contributed by atoms with Crippen LogP contribution in [0.1, 0.15) is 79.7 Å². The van der Waals surface area contributed by atoms with Gasteiger partial charge in [-0.15, -0.1) is 0 Å². The maximum atomic E-state index is 9.93. The van der Waals surface area contributed by atoms with Crippen LogP contribution in [-0.2, 0) is 4.79 Å². The second kappa shape index (κ2) is 12.0. The lowest BCUT2D eigenvalue weighted by Crippen LogP contribution is -2.06. The highest BCUT2D eigenvalue weighted by Crippen LogP contribution is 2.21. The van der Waals surface area contributed by atoms with Gasteiger partial charge in [-0.3, -0.25) is 4.79 Å². The molecule has 1 aromatic carbocycles. The van der Waals surface area contributed by atoms with E-state index in [-0.39, 0.29) is 5.92 Å². The van der Waals surface area contributed by atoms with Crippen molar-refractivity contribution in [3.8, 4) is 5.75 Å². The largest absolute Gasteiger partial charge is 0.508 e. The van der Waals surface area contributed by atoms with Crippen molar-refractivity contribution in [3.63, 3.8) is 0 Å². The third-order valence-electron chi connectivity index (χ3n) is 3.09. The van der Waals surface area contributed by atoms with E-state index in [1.54, 1.807) is 13.0 Å². The first-order valence-electron chi connectivity index (χ1n) is 8.44. The summed E-state index contributed by atoms with van der Waals surface area (Å²) in [6.45, 7) is 16.6. The molecule has 0 aliphatic heterocycles. The van der Waals surface area contributed by atoms with Crippen molar-refractivity contribution >= 4 is 5.97 Å². The summed E-state index contributed by atoms with van der Waals surface area (Å²) in [6.07, 6.45) is 1.83. The van der Waals surface area contributed by atoms with Crippen LogP contribution in [0.2, 0.25) is 0 Å². The van der Waals surface area contributed by atoms with Gasteiger partial charge in [-0.25, -0.2) is 0 Å². The first-order valence-corrected chi connectivity index (χ1v) is 8.44. The highest BCUT2D eigenvalue weighted by atomic mass is 16.4. The third-order valence-corrected chi connectivity index (χ3v) is 3.09. The van der Waals surface area contributed by atoms with E-state index in [0.29, 0.717) is 17.1 Å². The Bertz CT molecular complexity index is 427. The number of aliphatic carboxylic acids is 1. The first kappa shape index (κ1) is 23.8. The monoisotopic (exact) mass is 324 g/mol. The molecule has 0 heterocycles. The fourth-order valence-corrected chi connectivity index (χ4v) is 1.24. The maximum absolute atomic E-state index is 9.93. The number of carbonyl (C=O) groups is 1. The molecule has 0 radical (unpaired) electrons. The van der Waals surface area contributed by atoms with Crippen molar-refractivity contribution in [2.45, 2.75) is 74.1 Å². The maximum Gasteiger partial charge on any atom is 0.306 e. The molecule has 0 saturated carbocycles. The van der Waals surface area contributed by atoms with Crippen LogP contribution in [0, 0.1) is 11.3 Å². The van der Waals surface area contributed by atoms with Crippen LogP contribution >= 0.6 is 0 Å². The molecule has 0 spiro atoms. The van der Waals surface area contributed by atoms with Gasteiger partial charge in [0.15, 0.2) is 0 Å². The van der Waals surface area contributed by atoms with Crippen LogP contribution in [0.15, 0.2) is 24.3 Å². The summed E-state index contributed by atoms with van der Waals surface area (Å²) >= 11 is 0. The molecule has 2 N–H and O–H groups in total. The van der Waals surface area contributed by atoms with Crippen molar-refractivity contribution in [1.29, 1.82) is 0 Å². The van der Waals surface area contributed by atoms with Gasteiger partial charge in [0.1, 0.15) is 5.75 Å². The van der Waals surface area contributed by atoms with E-state index in [1.807, 2.05) is 25.1 Å². The van der Waals surface area contributed by atoms with Gasteiger partial charge in [0, 0.05) is 0 Å². The summed E-state index contributed by atoms with van der Waals surface area (Å²) in [4.78, 5) is 9.93. The van der Waals surface area contributed by atoms with E-state index in [2.05, 4.69) is 41.5 Å². The van der Waals surface area contributed by atoms with Crippen LogP contribution in [0.4, 0.5) is 0 Å². The number of carboxylic acid groups (broad SMARTS) is 1. The Morgan fingerprint density at radius 3 is 1.83 bits per heavy atom. The Morgan fingerprint density at radius 2 is 1.57 bits per heavy atom. The summed E-state index contributed by atoms with van der Waals surface area (Å²) < 4.78 is 0. The molecule has 2 unspecified atom stereocenters. The highest BCUT2D eigenvalue weighted by molar-refractivity contribution is 5.69. The van der Waals surface area contributed by atoms with Crippen LogP contribution in [-0.4, -0.2) is 16.2 Å². The van der Waals surface area contributed by atoms with Gasteiger partial charge < -0.3 is 10.2 Å². The number of phenols is 1. The molecule has 0 aliphatic carbocycles. The number of phenolic OH excluding ortho intramolecular Hbond substituents is 1. The molecule has 0 fully saturated rings. The van der Waals surface area contributed by atoms with Gasteiger partial charge in [-0.1, -0.05) is 67.5 Å². The van der Waals surface area contributed by atoms with Crippen molar-refractivity contribution in [2.24, 2.45) is 11.3 Å². The minimum Gasteiger partial charge on any atom is -0.508 e. The standard InChI is InChI=1S/C10H14O.C5H10O2.C5H12/c1-3-8(2)9-5-4-6-10(11)7-9;1-3-4(2)5(6)7;1-5(2,3)4/h4-8,11H,3H2,1-2H3;4H,3H2,1-2H3,(H,6,7);1-4H3. The Balaban J connectivity index is 0. The predicted molar refractivity (Wildman–Crippen MR) is 99.0 cm³/mol. The minimum absolute atomic E-state index is 0.181. The molecule has 0 saturated heterocycles. The number of hydrogen-bond acceptors (Lipinski definition) is 2. The second-order valence-corrected chi connectivity index (χ2v) is 7.55. The zero-order valence-electron chi connectivity index (χ0n) is 16.2. The van der Waals surface area contributed by atoms with Crippen LogP contribution < -0.4 is 0 Å². The minimum atomic E-state index is -0.706. The summed E-state index contributed by atoms with van der Waals surface area (Å²) in [7, 11) is 0. The summed E-state index contributed by atoms with van der Waals surface area (Å²) in [5.74, 6) is 0.0207. The van der Waals surface area contributed by atoms with E-state index < -0.39 is 5.97 Å². The van der Waals surface area contributed by atoms with Crippen LogP contribution in [0.25, 0.3) is 0 Å². The van der Waals surface area contributed by atoms with Crippen molar-refractivity contribution in [3.05, 3.63) is 29.8 Å². The van der Waals surface area contributed by atoms with Gasteiger partial charge in [-0.2, -0.15) is 0 Å². The molecule has 0 aliphatic rings. The van der Waals surface area contributed by atoms with E-state index in [4.69, 9.17) is 10.2 Å². The third kappa shape index (κ3) is 16.7. The summed E-state index contributed by atoms with van der Waals surface area (Å²) in [5, 5.41) is 17.3. The van der Waals surface area contributed by atoms with Gasteiger partial charge in [-0.05, 0) is 41.9 Å². The van der Waals surface area contributed by atoms with Gasteiger partial charge in [0.25, 0.3) is 0 Å². The normalized spacial score (nSPS) is 12.9. The second-order valence-electron chi connectivity index (χ2n) is 7.55. The molecule has 1 aromatic rings. The molecule has 0 bridgehead atoms. The number of aromatic hydroxyl groups is 1. The molecule has 1 rings (SSSR count). The van der Waals surface area contributed by atoms with Crippen molar-refractivity contribution in [1.82, 2.24) is 0 Å². The predicted octanol–water partition coefficient (Wildman–Crippen LogP) is 6.08. The fourth-order valence-electron chi connectivity index (χ4n) is 1.24. The zero-order valence-corrected chi connectivity index (χ0v) is 16.2. The Kier molecular flexibility index (Phi) is 12.4. The molecule has 23 heavy (non-hydrogen) atoms. The molecule has 2 atom stereocenters. The molecule has 134 valence electrons. The van der Waals surface area contributed by atoms with Gasteiger partial charge in [0.2, 0.25) is 0 Å². The zero-order chi connectivity index (χ0) is 18.6.